The van der Waals surface area contributed by atoms with Crippen molar-refractivity contribution in [3.63, 3.8) is 0 Å². The molecule has 0 spiro atoms. The van der Waals surface area contributed by atoms with Gasteiger partial charge in [-0.2, -0.15) is 0 Å². The maximum Gasteiger partial charge on any atom is 0.251 e. The molecule has 1 aromatic carbocycles. The molecule has 0 aromatic heterocycles. The number of hydrogen-bond donors (Lipinski definition) is 3. The molecule has 1 heterocycles. The number of hydrogen-bond acceptors (Lipinski definition) is 6. The maximum absolute atomic E-state index is 12.4. The summed E-state index contributed by atoms with van der Waals surface area (Å²) >= 11 is 0. The number of methoxy groups -OCH3 is 1. The highest BCUT2D eigenvalue weighted by atomic mass is 16.5. The summed E-state index contributed by atoms with van der Waals surface area (Å²) in [5.41, 5.74) is 6.78. The third kappa shape index (κ3) is 5.67. The lowest BCUT2D eigenvalue weighted by Crippen LogP contribution is -2.50. The van der Waals surface area contributed by atoms with Crippen LogP contribution in [0.5, 0.6) is 0 Å². The lowest BCUT2D eigenvalue weighted by atomic mass is 10.1. The molecular weight excluding hydrogens is 364 g/mol. The summed E-state index contributed by atoms with van der Waals surface area (Å²) in [5.74, 6) is -1.15. The van der Waals surface area contributed by atoms with Gasteiger partial charge in [0.05, 0.1) is 24.6 Å². The molecule has 2 atom stereocenters. The summed E-state index contributed by atoms with van der Waals surface area (Å²) in [7, 11) is 1.44. The number of benzene rings is 1. The molecule has 0 saturated carbocycles. The van der Waals surface area contributed by atoms with E-state index < -0.39 is 5.91 Å². The number of carbonyl (C=O) groups excluding carboxylic acids is 3. The molecule has 2 rings (SSSR count). The van der Waals surface area contributed by atoms with Crippen LogP contribution in [0.15, 0.2) is 18.2 Å². The molecule has 2 unspecified atom stereocenters. The van der Waals surface area contributed by atoms with Gasteiger partial charge in [-0.1, -0.05) is 0 Å². The number of primary amides is 1. The fourth-order valence-electron chi connectivity index (χ4n) is 3.20. The van der Waals surface area contributed by atoms with E-state index >= 15 is 0 Å². The van der Waals surface area contributed by atoms with Crippen LogP contribution in [-0.4, -0.2) is 63.3 Å². The van der Waals surface area contributed by atoms with Gasteiger partial charge in [-0.05, 0) is 32.0 Å². The highest BCUT2D eigenvalue weighted by molar-refractivity contribution is 6.00. The molecule has 1 aliphatic heterocycles. The van der Waals surface area contributed by atoms with Crippen molar-refractivity contribution in [1.82, 2.24) is 5.32 Å². The topological polar surface area (TPSA) is 123 Å². The van der Waals surface area contributed by atoms with Crippen molar-refractivity contribution in [1.29, 1.82) is 0 Å². The van der Waals surface area contributed by atoms with Crippen LogP contribution in [0.25, 0.3) is 0 Å². The summed E-state index contributed by atoms with van der Waals surface area (Å²) in [6.45, 7) is 5.29. The molecular formula is C19H28N4O5. The molecule has 1 fully saturated rings. The SMILES string of the molecule is COCC(=O)Nc1cc(C(=O)NCCC(N)=O)ccc1N1C(C)COCC1C. The van der Waals surface area contributed by atoms with Crippen LogP contribution in [0, 0.1) is 0 Å². The van der Waals surface area contributed by atoms with Gasteiger partial charge in [0.1, 0.15) is 6.61 Å². The zero-order valence-corrected chi connectivity index (χ0v) is 16.5. The van der Waals surface area contributed by atoms with Gasteiger partial charge in [-0.25, -0.2) is 0 Å². The molecule has 0 radical (unpaired) electrons. The largest absolute Gasteiger partial charge is 0.377 e. The number of ether oxygens (including phenoxy) is 2. The highest BCUT2D eigenvalue weighted by Gasteiger charge is 2.28. The minimum Gasteiger partial charge on any atom is -0.377 e. The number of carbonyl (C=O) groups is 3. The number of rotatable bonds is 8. The average molecular weight is 392 g/mol. The fraction of sp³-hybridized carbons (Fsp3) is 0.526. The van der Waals surface area contributed by atoms with E-state index in [9.17, 15) is 14.4 Å². The smallest absolute Gasteiger partial charge is 0.251 e. The average Bonchev–Trinajstić information content (AvgIpc) is 2.62. The quantitative estimate of drug-likeness (QED) is 0.592. The Hall–Kier alpha value is -2.65. The van der Waals surface area contributed by atoms with Crippen LogP contribution in [0.3, 0.4) is 0 Å². The minimum absolute atomic E-state index is 0.0596. The summed E-state index contributed by atoms with van der Waals surface area (Å²) in [4.78, 5) is 37.5. The molecule has 9 heteroatoms. The van der Waals surface area contributed by atoms with Gasteiger partial charge in [-0.3, -0.25) is 14.4 Å². The summed E-state index contributed by atoms with van der Waals surface area (Å²) < 4.78 is 10.5. The van der Waals surface area contributed by atoms with E-state index in [0.29, 0.717) is 24.5 Å². The van der Waals surface area contributed by atoms with Crippen molar-refractivity contribution in [2.45, 2.75) is 32.4 Å². The van der Waals surface area contributed by atoms with Crippen molar-refractivity contribution in [3.8, 4) is 0 Å². The number of amides is 3. The first kappa shape index (κ1) is 21.6. The second kappa shape index (κ2) is 10.0. The lowest BCUT2D eigenvalue weighted by Gasteiger charge is -2.41. The Morgan fingerprint density at radius 3 is 2.54 bits per heavy atom. The van der Waals surface area contributed by atoms with E-state index in [0.717, 1.165) is 5.69 Å². The Morgan fingerprint density at radius 2 is 1.93 bits per heavy atom. The van der Waals surface area contributed by atoms with E-state index in [1.807, 2.05) is 19.9 Å². The number of nitrogens with two attached hydrogens (primary N) is 1. The molecule has 154 valence electrons. The second-order valence-electron chi connectivity index (χ2n) is 6.83. The van der Waals surface area contributed by atoms with Gasteiger partial charge in [0, 0.05) is 37.7 Å². The summed E-state index contributed by atoms with van der Waals surface area (Å²) in [6.07, 6.45) is 0.0596. The van der Waals surface area contributed by atoms with E-state index in [-0.39, 0.29) is 43.5 Å². The van der Waals surface area contributed by atoms with Gasteiger partial charge in [0.25, 0.3) is 5.91 Å². The second-order valence-corrected chi connectivity index (χ2v) is 6.83. The first-order valence-corrected chi connectivity index (χ1v) is 9.19. The number of morpholine rings is 1. The van der Waals surface area contributed by atoms with Crippen LogP contribution >= 0.6 is 0 Å². The molecule has 3 amide bonds. The number of nitrogens with one attached hydrogen (secondary N) is 2. The van der Waals surface area contributed by atoms with E-state index in [2.05, 4.69) is 15.5 Å². The Kier molecular flexibility index (Phi) is 7.77. The first-order chi connectivity index (χ1) is 13.3. The van der Waals surface area contributed by atoms with Crippen molar-refractivity contribution in [3.05, 3.63) is 23.8 Å². The molecule has 0 aliphatic carbocycles. The van der Waals surface area contributed by atoms with Gasteiger partial charge in [-0.15, -0.1) is 0 Å². The third-order valence-electron chi connectivity index (χ3n) is 4.41. The van der Waals surface area contributed by atoms with Gasteiger partial charge < -0.3 is 30.7 Å². The van der Waals surface area contributed by atoms with E-state index in [1.54, 1.807) is 12.1 Å². The van der Waals surface area contributed by atoms with Crippen molar-refractivity contribution >= 4 is 29.1 Å². The predicted octanol–water partition coefficient (Wildman–Crippen LogP) is 0.490. The molecule has 1 aliphatic rings. The molecule has 4 N–H and O–H groups in total. The first-order valence-electron chi connectivity index (χ1n) is 9.19. The maximum atomic E-state index is 12.4. The van der Waals surface area contributed by atoms with Gasteiger partial charge in [0.15, 0.2) is 0 Å². The van der Waals surface area contributed by atoms with Crippen molar-refractivity contribution < 1.29 is 23.9 Å². The lowest BCUT2D eigenvalue weighted by molar-refractivity contribution is -0.120. The van der Waals surface area contributed by atoms with Crippen LogP contribution in [0.1, 0.15) is 30.6 Å². The predicted molar refractivity (Wildman–Crippen MR) is 105 cm³/mol. The number of nitrogens with zero attached hydrogens (tertiary/aromatic N) is 1. The molecule has 9 nitrogen and oxygen atoms in total. The van der Waals surface area contributed by atoms with Crippen molar-refractivity contribution in [2.75, 3.05) is 43.7 Å². The fourth-order valence-corrected chi connectivity index (χ4v) is 3.20. The van der Waals surface area contributed by atoms with Crippen LogP contribution in [0.2, 0.25) is 0 Å². The standard InChI is InChI=1S/C19H28N4O5/c1-12-9-28-10-13(2)23(12)16-5-4-14(19(26)21-7-6-17(20)24)8-15(16)22-18(25)11-27-3/h4-5,8,12-13H,6-7,9-11H2,1-3H3,(H2,20,24)(H,21,26)(H,22,25). The van der Waals surface area contributed by atoms with Crippen LogP contribution in [-0.2, 0) is 19.1 Å². The Labute approximate surface area is 164 Å². The normalized spacial score (nSPS) is 19.2. The van der Waals surface area contributed by atoms with Crippen LogP contribution in [0.4, 0.5) is 11.4 Å². The molecule has 1 saturated heterocycles. The van der Waals surface area contributed by atoms with E-state index in [1.165, 1.54) is 7.11 Å². The molecule has 0 bridgehead atoms. The van der Waals surface area contributed by atoms with Crippen molar-refractivity contribution in [2.24, 2.45) is 5.73 Å². The summed E-state index contributed by atoms with van der Waals surface area (Å²) in [5, 5.41) is 5.46. The zero-order valence-electron chi connectivity index (χ0n) is 16.5. The number of anilines is 2. The minimum atomic E-state index is -0.488. The zero-order chi connectivity index (χ0) is 20.7. The van der Waals surface area contributed by atoms with Crippen LogP contribution < -0.4 is 21.3 Å². The Balaban J connectivity index is 2.29. The van der Waals surface area contributed by atoms with Gasteiger partial charge in [0.2, 0.25) is 11.8 Å². The van der Waals surface area contributed by atoms with Gasteiger partial charge >= 0.3 is 0 Å². The Morgan fingerprint density at radius 1 is 1.25 bits per heavy atom. The Bertz CT molecular complexity index is 714. The molecule has 28 heavy (non-hydrogen) atoms. The highest BCUT2D eigenvalue weighted by Crippen LogP contribution is 2.32. The molecule has 1 aromatic rings. The monoisotopic (exact) mass is 392 g/mol. The van der Waals surface area contributed by atoms with E-state index in [4.69, 9.17) is 15.2 Å². The summed E-state index contributed by atoms with van der Waals surface area (Å²) in [6, 6.07) is 5.34. The third-order valence-corrected chi connectivity index (χ3v) is 4.41.